The van der Waals surface area contributed by atoms with Gasteiger partial charge in [0.25, 0.3) is 0 Å². The molecule has 12 heteroatoms. The summed E-state index contributed by atoms with van der Waals surface area (Å²) in [6.07, 6.45) is 0.0285. The number of primary amides is 1. The van der Waals surface area contributed by atoms with Crippen LogP contribution < -0.4 is 21.4 Å². The van der Waals surface area contributed by atoms with Crippen LogP contribution in [0, 0.1) is 30.1 Å². The molecule has 42 heavy (non-hydrogen) atoms. The molecule has 4 aliphatic carbocycles. The average molecular weight is 587 g/mol. The summed E-state index contributed by atoms with van der Waals surface area (Å²) in [5.74, 6) is 1.19. The van der Waals surface area contributed by atoms with Crippen molar-refractivity contribution >= 4 is 28.7 Å². The molecular weight excluding hydrogens is 548 g/mol. The molecule has 0 radical (unpaired) electrons. The molecule has 1 aromatic carbocycles. The van der Waals surface area contributed by atoms with E-state index in [-0.39, 0.29) is 34.1 Å². The highest BCUT2D eigenvalue weighted by Gasteiger charge is 2.55. The topological polar surface area (TPSA) is 180 Å². The van der Waals surface area contributed by atoms with Crippen molar-refractivity contribution in [2.45, 2.75) is 89.5 Å². The summed E-state index contributed by atoms with van der Waals surface area (Å²) in [6.45, 7) is 4.98. The van der Waals surface area contributed by atoms with Gasteiger partial charge in [0.15, 0.2) is 23.6 Å². The smallest absolute Gasteiger partial charge is 0.404 e. The number of nitrogens with two attached hydrogens (primary N) is 1. The number of carbonyl (C=O) groups is 2. The molecule has 7 rings (SSSR count). The van der Waals surface area contributed by atoms with Gasteiger partial charge in [-0.25, -0.2) is 9.59 Å². The van der Waals surface area contributed by atoms with Gasteiger partial charge in [-0.15, -0.1) is 0 Å². The van der Waals surface area contributed by atoms with Crippen molar-refractivity contribution < 1.29 is 43.2 Å². The first-order chi connectivity index (χ1) is 19.8. The molecule has 0 spiro atoms. The molecule has 2 amide bonds. The summed E-state index contributed by atoms with van der Waals surface area (Å²) < 4.78 is 28.1. The van der Waals surface area contributed by atoms with E-state index in [2.05, 4.69) is 5.32 Å². The molecule has 4 unspecified atom stereocenters. The monoisotopic (exact) mass is 586 g/mol. The lowest BCUT2D eigenvalue weighted by Gasteiger charge is -2.55. The Balaban J connectivity index is 1.27. The highest BCUT2D eigenvalue weighted by atomic mass is 16.7. The first-order valence-electron chi connectivity index (χ1n) is 14.4. The summed E-state index contributed by atoms with van der Waals surface area (Å²) in [5.41, 5.74) is 2.88. The third-order valence-electron chi connectivity index (χ3n) is 9.77. The Morgan fingerprint density at radius 1 is 1.10 bits per heavy atom. The molecule has 4 bridgehead atoms. The Morgan fingerprint density at radius 2 is 1.71 bits per heavy atom. The average Bonchev–Trinajstić information content (AvgIpc) is 2.90. The van der Waals surface area contributed by atoms with Crippen LogP contribution in [0.3, 0.4) is 0 Å². The number of aliphatic hydroxyl groups excluding tert-OH is 1. The number of aliphatic hydroxyl groups is 1. The summed E-state index contributed by atoms with van der Waals surface area (Å²) in [6, 6.07) is 3.02. The number of anilines is 1. The number of carbonyl (C=O) groups excluding carboxylic acids is 2. The minimum absolute atomic E-state index is 0.0482. The molecule has 228 valence electrons. The van der Waals surface area contributed by atoms with Crippen LogP contribution in [-0.2, 0) is 19.0 Å². The van der Waals surface area contributed by atoms with Crippen LogP contribution in [0.4, 0.5) is 10.5 Å². The Hall–Kier alpha value is -3.35. The number of hydrogen-bond acceptors (Lipinski definition) is 10. The Bertz CT molecular complexity index is 1450. The lowest BCUT2D eigenvalue weighted by atomic mass is 9.49. The number of aromatic hydroxyl groups is 1. The Labute approximate surface area is 242 Å². The van der Waals surface area contributed by atoms with Gasteiger partial charge >= 0.3 is 11.7 Å². The fourth-order valence-electron chi connectivity index (χ4n) is 8.31. The molecule has 1 aromatic heterocycles. The lowest BCUT2D eigenvalue weighted by molar-refractivity contribution is -0.304. The number of fused-ring (bicyclic) bond motifs is 1. The molecule has 2 heterocycles. The molecule has 5 fully saturated rings. The highest BCUT2D eigenvalue weighted by molar-refractivity contribution is 6.00. The minimum Gasteiger partial charge on any atom is -0.505 e. The van der Waals surface area contributed by atoms with E-state index in [9.17, 15) is 24.6 Å². The molecule has 5 N–H and O–H groups in total. The fourth-order valence-corrected chi connectivity index (χ4v) is 8.31. The normalized spacial score (nSPS) is 34.7. The molecule has 12 nitrogen and oxygen atoms in total. The van der Waals surface area contributed by atoms with Gasteiger partial charge in [0.05, 0.1) is 16.4 Å². The van der Waals surface area contributed by atoms with E-state index in [1.165, 1.54) is 38.5 Å². The molecule has 5 aliphatic rings. The fraction of sp³-hybridized carbons (Fsp3) is 0.633. The van der Waals surface area contributed by atoms with Crippen molar-refractivity contribution in [2.75, 3.05) is 12.4 Å². The summed E-state index contributed by atoms with van der Waals surface area (Å²) in [4.78, 5) is 38.2. The predicted octanol–water partition coefficient (Wildman–Crippen LogP) is 3.32. The lowest BCUT2D eigenvalue weighted by Crippen LogP contribution is -2.65. The number of methoxy groups -OCH3 is 1. The van der Waals surface area contributed by atoms with E-state index in [0.29, 0.717) is 23.3 Å². The van der Waals surface area contributed by atoms with Gasteiger partial charge in [0.1, 0.15) is 17.4 Å². The van der Waals surface area contributed by atoms with Crippen molar-refractivity contribution in [3.8, 4) is 11.5 Å². The van der Waals surface area contributed by atoms with Crippen LogP contribution in [0.5, 0.6) is 11.5 Å². The van der Waals surface area contributed by atoms with Crippen molar-refractivity contribution in [1.29, 1.82) is 0 Å². The maximum Gasteiger partial charge on any atom is 0.404 e. The molecule has 1 aliphatic heterocycles. The first kappa shape index (κ1) is 28.8. The minimum atomic E-state index is -1.48. The molecular formula is C30H38N2O10. The Kier molecular flexibility index (Phi) is 6.94. The maximum absolute atomic E-state index is 13.6. The number of hydrogen-bond donors (Lipinski definition) is 4. The van der Waals surface area contributed by atoms with Gasteiger partial charge in [0.2, 0.25) is 12.2 Å². The first-order valence-corrected chi connectivity index (χ1v) is 14.4. The second kappa shape index (κ2) is 10.1. The quantitative estimate of drug-likeness (QED) is 0.367. The van der Waals surface area contributed by atoms with Crippen LogP contribution in [0.2, 0.25) is 0 Å². The van der Waals surface area contributed by atoms with E-state index < -0.39 is 47.3 Å². The number of ether oxygens (including phenoxy) is 4. The van der Waals surface area contributed by atoms with Gasteiger partial charge in [-0.2, -0.15) is 0 Å². The third kappa shape index (κ3) is 4.69. The SMILES string of the molecule is COC1C(OC(N)=O)C(O)C(Oc2ccc3c(O)c(NC(=O)C45CC6CC(CC(C6)C4)C5)c(=O)oc3c2C)OC1(C)C. The van der Waals surface area contributed by atoms with Crippen molar-refractivity contribution in [2.24, 2.45) is 28.9 Å². The Morgan fingerprint density at radius 3 is 2.29 bits per heavy atom. The van der Waals surface area contributed by atoms with Crippen LogP contribution in [-0.4, -0.2) is 59.5 Å². The highest BCUT2D eigenvalue weighted by Crippen LogP contribution is 2.60. The van der Waals surface area contributed by atoms with Crippen molar-refractivity contribution in [3.05, 3.63) is 28.1 Å². The third-order valence-corrected chi connectivity index (χ3v) is 9.77. The van der Waals surface area contributed by atoms with Gasteiger partial charge in [-0.1, -0.05) is 0 Å². The van der Waals surface area contributed by atoms with Crippen LogP contribution in [0.15, 0.2) is 21.3 Å². The largest absolute Gasteiger partial charge is 0.505 e. The van der Waals surface area contributed by atoms with E-state index in [1.807, 2.05) is 0 Å². The van der Waals surface area contributed by atoms with E-state index >= 15 is 0 Å². The predicted molar refractivity (Wildman–Crippen MR) is 149 cm³/mol. The van der Waals surface area contributed by atoms with Gasteiger partial charge in [0, 0.05) is 12.7 Å². The second-order valence-electron chi connectivity index (χ2n) is 13.1. The van der Waals surface area contributed by atoms with Gasteiger partial charge < -0.3 is 44.6 Å². The molecule has 1 saturated heterocycles. The maximum atomic E-state index is 13.6. The zero-order valence-electron chi connectivity index (χ0n) is 24.2. The summed E-state index contributed by atoms with van der Waals surface area (Å²) >= 11 is 0. The summed E-state index contributed by atoms with van der Waals surface area (Å²) in [5, 5.41) is 25.0. The zero-order valence-corrected chi connectivity index (χ0v) is 24.2. The van der Waals surface area contributed by atoms with E-state index in [1.54, 1.807) is 20.8 Å². The summed E-state index contributed by atoms with van der Waals surface area (Å²) in [7, 11) is 1.39. The van der Waals surface area contributed by atoms with Crippen LogP contribution >= 0.6 is 0 Å². The molecule has 4 saturated carbocycles. The number of amides is 2. The van der Waals surface area contributed by atoms with E-state index in [0.717, 1.165) is 19.3 Å². The number of aryl methyl sites for hydroxylation is 1. The van der Waals surface area contributed by atoms with E-state index in [4.69, 9.17) is 29.1 Å². The van der Waals surface area contributed by atoms with Crippen molar-refractivity contribution in [1.82, 2.24) is 0 Å². The van der Waals surface area contributed by atoms with Crippen LogP contribution in [0.25, 0.3) is 11.0 Å². The number of benzene rings is 1. The zero-order chi connectivity index (χ0) is 30.1. The second-order valence-corrected chi connectivity index (χ2v) is 13.1. The van der Waals surface area contributed by atoms with Gasteiger partial charge in [-0.3, -0.25) is 4.79 Å². The standard InChI is InChI=1S/C30H38N2O10/c1-13-18(39-26-21(34)23(41-28(31)37)24(38-4)29(2,3)42-26)6-5-17-20(33)19(25(35)40-22(13)17)32-27(36)30-10-14-7-15(11-30)9-16(8-14)12-30/h5-6,14-16,21,23-24,26,33-34H,7-12H2,1-4H3,(H2,31,37)(H,32,36). The molecule has 4 atom stereocenters. The molecule has 2 aromatic rings. The number of nitrogens with one attached hydrogen (secondary N) is 1. The van der Waals surface area contributed by atoms with Crippen LogP contribution in [0.1, 0.15) is 57.9 Å². The van der Waals surface area contributed by atoms with Crippen molar-refractivity contribution in [3.63, 3.8) is 0 Å². The van der Waals surface area contributed by atoms with Gasteiger partial charge in [-0.05, 0) is 89.2 Å². The number of rotatable bonds is 6.